The second-order valence-corrected chi connectivity index (χ2v) is 6.20. The van der Waals surface area contributed by atoms with Crippen molar-refractivity contribution in [3.63, 3.8) is 0 Å². The van der Waals surface area contributed by atoms with Crippen LogP contribution in [-0.2, 0) is 4.74 Å². The summed E-state index contributed by atoms with van der Waals surface area (Å²) in [5.41, 5.74) is 0.484. The minimum absolute atomic E-state index is 0.150. The van der Waals surface area contributed by atoms with Gasteiger partial charge in [-0.15, -0.1) is 0 Å². The Morgan fingerprint density at radius 3 is 2.58 bits per heavy atom. The van der Waals surface area contributed by atoms with Gasteiger partial charge in [-0.25, -0.2) is 4.79 Å². The standard InChI is InChI=1S/C14H18ClNO3/c1-14(2,3)19-13(18)16-7-9(8-16)11-5-4-10(17)6-12(11)15/h4-6,9,17H,7-8H2,1-3H3. The molecule has 5 heteroatoms. The first-order valence-corrected chi connectivity index (χ1v) is 6.60. The molecular weight excluding hydrogens is 266 g/mol. The molecule has 1 fully saturated rings. The molecule has 1 amide bonds. The molecule has 0 aromatic heterocycles. The van der Waals surface area contributed by atoms with Crippen LogP contribution in [0.15, 0.2) is 18.2 Å². The number of nitrogens with zero attached hydrogens (tertiary/aromatic N) is 1. The maximum absolute atomic E-state index is 11.8. The third kappa shape index (κ3) is 3.32. The van der Waals surface area contributed by atoms with Crippen LogP contribution < -0.4 is 0 Å². The highest BCUT2D eigenvalue weighted by Crippen LogP contribution is 2.34. The number of aromatic hydroxyl groups is 1. The van der Waals surface area contributed by atoms with E-state index in [9.17, 15) is 9.90 Å². The van der Waals surface area contributed by atoms with Crippen LogP contribution in [0, 0.1) is 0 Å². The molecule has 1 N–H and O–H groups in total. The Kier molecular flexibility index (Phi) is 3.63. The van der Waals surface area contributed by atoms with Gasteiger partial charge in [0.2, 0.25) is 0 Å². The summed E-state index contributed by atoms with van der Waals surface area (Å²) in [6.07, 6.45) is -0.293. The Morgan fingerprint density at radius 2 is 2.05 bits per heavy atom. The summed E-state index contributed by atoms with van der Waals surface area (Å²) < 4.78 is 5.29. The molecule has 1 aromatic rings. The summed E-state index contributed by atoms with van der Waals surface area (Å²) in [4.78, 5) is 13.4. The zero-order chi connectivity index (χ0) is 14.2. The molecule has 4 nitrogen and oxygen atoms in total. The minimum Gasteiger partial charge on any atom is -0.508 e. The van der Waals surface area contributed by atoms with Crippen molar-refractivity contribution in [2.45, 2.75) is 32.3 Å². The van der Waals surface area contributed by atoms with Crippen molar-refractivity contribution >= 4 is 17.7 Å². The van der Waals surface area contributed by atoms with Gasteiger partial charge >= 0.3 is 6.09 Å². The monoisotopic (exact) mass is 283 g/mol. The molecule has 0 radical (unpaired) electrons. The summed E-state index contributed by atoms with van der Waals surface area (Å²) in [6, 6.07) is 4.93. The fourth-order valence-corrected chi connectivity index (χ4v) is 2.33. The van der Waals surface area contributed by atoms with Gasteiger partial charge in [0.25, 0.3) is 0 Å². The molecule has 0 atom stereocenters. The van der Waals surface area contributed by atoms with E-state index in [0.717, 1.165) is 5.56 Å². The van der Waals surface area contributed by atoms with Gasteiger partial charge in [0.15, 0.2) is 0 Å². The predicted molar refractivity (Wildman–Crippen MR) is 73.7 cm³/mol. The van der Waals surface area contributed by atoms with Crippen LogP contribution in [0.4, 0.5) is 4.79 Å². The molecule has 1 saturated heterocycles. The van der Waals surface area contributed by atoms with Crippen LogP contribution >= 0.6 is 11.6 Å². The normalized spacial score (nSPS) is 16.1. The third-order valence-electron chi connectivity index (χ3n) is 2.96. The Hall–Kier alpha value is -1.42. The predicted octanol–water partition coefficient (Wildman–Crippen LogP) is 3.38. The van der Waals surface area contributed by atoms with E-state index in [1.54, 1.807) is 17.0 Å². The van der Waals surface area contributed by atoms with Crippen LogP contribution in [0.25, 0.3) is 0 Å². The van der Waals surface area contributed by atoms with Crippen LogP contribution in [0.1, 0.15) is 32.3 Å². The molecular formula is C14H18ClNO3. The van der Waals surface area contributed by atoms with Gasteiger partial charge in [-0.1, -0.05) is 17.7 Å². The summed E-state index contributed by atoms with van der Waals surface area (Å²) in [5, 5.41) is 9.84. The average Bonchev–Trinajstić information content (AvgIpc) is 2.16. The number of amides is 1. The lowest BCUT2D eigenvalue weighted by atomic mass is 9.92. The van der Waals surface area contributed by atoms with E-state index < -0.39 is 5.60 Å². The average molecular weight is 284 g/mol. The van der Waals surface area contributed by atoms with Crippen molar-refractivity contribution in [1.82, 2.24) is 4.90 Å². The number of hydrogen-bond donors (Lipinski definition) is 1. The number of likely N-dealkylation sites (tertiary alicyclic amines) is 1. The molecule has 0 saturated carbocycles. The highest BCUT2D eigenvalue weighted by molar-refractivity contribution is 6.31. The molecule has 1 aliphatic rings. The van der Waals surface area contributed by atoms with Gasteiger partial charge in [0, 0.05) is 24.0 Å². The van der Waals surface area contributed by atoms with Gasteiger partial charge in [-0.2, -0.15) is 0 Å². The lowest BCUT2D eigenvalue weighted by Gasteiger charge is -2.40. The molecule has 0 bridgehead atoms. The van der Waals surface area contributed by atoms with Gasteiger partial charge in [0.1, 0.15) is 11.4 Å². The van der Waals surface area contributed by atoms with Gasteiger partial charge in [-0.3, -0.25) is 0 Å². The van der Waals surface area contributed by atoms with Gasteiger partial charge in [-0.05, 0) is 38.5 Å². The lowest BCUT2D eigenvalue weighted by molar-refractivity contribution is 0.00819. The van der Waals surface area contributed by atoms with Crippen LogP contribution in [0.5, 0.6) is 5.75 Å². The van der Waals surface area contributed by atoms with Gasteiger partial charge in [0.05, 0.1) is 0 Å². The zero-order valence-corrected chi connectivity index (χ0v) is 12.1. The number of ether oxygens (including phenoxy) is 1. The van der Waals surface area contributed by atoms with Crippen molar-refractivity contribution in [1.29, 1.82) is 0 Å². The number of halogens is 1. The fourth-order valence-electron chi connectivity index (χ4n) is 2.00. The van der Waals surface area contributed by atoms with E-state index in [1.807, 2.05) is 20.8 Å². The van der Waals surface area contributed by atoms with E-state index in [2.05, 4.69) is 0 Å². The third-order valence-corrected chi connectivity index (χ3v) is 3.28. The SMILES string of the molecule is CC(C)(C)OC(=O)N1CC(c2ccc(O)cc2Cl)C1. The number of carbonyl (C=O) groups is 1. The number of benzene rings is 1. The molecule has 2 rings (SSSR count). The number of carbonyl (C=O) groups excluding carboxylic acids is 1. The summed E-state index contributed by atoms with van der Waals surface area (Å²) in [7, 11) is 0. The molecule has 1 aliphatic heterocycles. The molecule has 1 aromatic carbocycles. The fraction of sp³-hybridized carbons (Fsp3) is 0.500. The molecule has 1 heterocycles. The van der Waals surface area contributed by atoms with Gasteiger partial charge < -0.3 is 14.7 Å². The van der Waals surface area contributed by atoms with Crippen LogP contribution in [0.3, 0.4) is 0 Å². The van der Waals surface area contributed by atoms with Crippen LogP contribution in [0.2, 0.25) is 5.02 Å². The Morgan fingerprint density at radius 1 is 1.42 bits per heavy atom. The second-order valence-electron chi connectivity index (χ2n) is 5.79. The van der Waals surface area contributed by atoms with E-state index in [1.165, 1.54) is 6.07 Å². The summed E-state index contributed by atoms with van der Waals surface area (Å²) in [5.74, 6) is 0.359. The minimum atomic E-state index is -0.474. The van der Waals surface area contributed by atoms with Crippen molar-refractivity contribution in [3.8, 4) is 5.75 Å². The number of hydrogen-bond acceptors (Lipinski definition) is 3. The first-order valence-electron chi connectivity index (χ1n) is 6.22. The van der Waals surface area contributed by atoms with Crippen molar-refractivity contribution in [2.75, 3.05) is 13.1 Å². The van der Waals surface area contributed by atoms with Crippen LogP contribution in [-0.4, -0.2) is 34.8 Å². The molecule has 104 valence electrons. The van der Waals surface area contributed by atoms with Crippen molar-refractivity contribution in [2.24, 2.45) is 0 Å². The molecule has 19 heavy (non-hydrogen) atoms. The number of phenols is 1. The largest absolute Gasteiger partial charge is 0.508 e. The van der Waals surface area contributed by atoms with E-state index in [4.69, 9.17) is 16.3 Å². The highest BCUT2D eigenvalue weighted by atomic mass is 35.5. The smallest absolute Gasteiger partial charge is 0.410 e. The first-order chi connectivity index (χ1) is 8.76. The quantitative estimate of drug-likeness (QED) is 0.859. The second kappa shape index (κ2) is 4.93. The summed E-state index contributed by atoms with van der Waals surface area (Å²) in [6.45, 7) is 6.73. The van der Waals surface area contributed by atoms with Crippen molar-refractivity contribution < 1.29 is 14.6 Å². The first kappa shape index (κ1) is 14.0. The highest BCUT2D eigenvalue weighted by Gasteiger charge is 2.35. The zero-order valence-electron chi connectivity index (χ0n) is 11.3. The van der Waals surface area contributed by atoms with E-state index >= 15 is 0 Å². The summed E-state index contributed by atoms with van der Waals surface area (Å²) >= 11 is 6.08. The molecule has 0 aliphatic carbocycles. The number of phenolic OH excluding ortho intramolecular Hbond substituents is 1. The Balaban J connectivity index is 1.94. The molecule has 0 unspecified atom stereocenters. The number of rotatable bonds is 1. The topological polar surface area (TPSA) is 49.8 Å². The van der Waals surface area contributed by atoms with Crippen molar-refractivity contribution in [3.05, 3.63) is 28.8 Å². The Bertz CT molecular complexity index is 490. The van der Waals surface area contributed by atoms with E-state index in [-0.39, 0.29) is 17.8 Å². The lowest BCUT2D eigenvalue weighted by Crippen LogP contribution is -2.50. The van der Waals surface area contributed by atoms with E-state index in [0.29, 0.717) is 18.1 Å². The maximum Gasteiger partial charge on any atom is 0.410 e. The molecule has 0 spiro atoms. The Labute approximate surface area is 117 Å². The maximum atomic E-state index is 11.8.